The van der Waals surface area contributed by atoms with Gasteiger partial charge in [0.05, 0.1) is 16.1 Å². The number of halogens is 1. The van der Waals surface area contributed by atoms with Crippen molar-refractivity contribution in [2.45, 2.75) is 18.0 Å². The molecule has 8 nitrogen and oxygen atoms in total. The summed E-state index contributed by atoms with van der Waals surface area (Å²) in [5.41, 5.74) is 1.85. The molecule has 0 aliphatic heterocycles. The quantitative estimate of drug-likeness (QED) is 0.394. The Hall–Kier alpha value is -3.40. The molecule has 0 saturated heterocycles. The summed E-state index contributed by atoms with van der Waals surface area (Å²) < 4.78 is 33.8. The van der Waals surface area contributed by atoms with Crippen LogP contribution in [0.15, 0.2) is 77.7 Å². The molecule has 1 heterocycles. The van der Waals surface area contributed by atoms with Crippen molar-refractivity contribution < 1.29 is 17.9 Å². The average molecular weight is 499 g/mol. The molecule has 0 atom stereocenters. The van der Waals surface area contributed by atoms with Crippen molar-refractivity contribution >= 4 is 44.3 Å². The molecule has 0 bridgehead atoms. The fourth-order valence-corrected chi connectivity index (χ4v) is 4.79. The number of carbonyl (C=O) groups excluding carboxylic acids is 1. The van der Waals surface area contributed by atoms with E-state index < -0.39 is 10.0 Å². The zero-order valence-corrected chi connectivity index (χ0v) is 20.2. The predicted octanol–water partition coefficient (Wildman–Crippen LogP) is 4.16. The first-order valence-corrected chi connectivity index (χ1v) is 12.2. The van der Waals surface area contributed by atoms with Gasteiger partial charge in [0.1, 0.15) is 29.6 Å². The summed E-state index contributed by atoms with van der Waals surface area (Å²) in [5.74, 6) is 0.938. The van der Waals surface area contributed by atoms with Gasteiger partial charge in [0.15, 0.2) is 0 Å². The smallest absolute Gasteiger partial charge is 0.244 e. The van der Waals surface area contributed by atoms with Gasteiger partial charge in [-0.05, 0) is 42.5 Å². The first-order valence-electron chi connectivity index (χ1n) is 10.4. The van der Waals surface area contributed by atoms with Crippen molar-refractivity contribution in [1.29, 1.82) is 0 Å². The lowest BCUT2D eigenvalue weighted by atomic mass is 10.3. The number of rotatable bonds is 8. The molecular weight excluding hydrogens is 476 g/mol. The van der Waals surface area contributed by atoms with Gasteiger partial charge in [-0.15, -0.1) is 0 Å². The number of fused-ring (bicyclic) bond motifs is 1. The van der Waals surface area contributed by atoms with Crippen LogP contribution >= 0.6 is 11.6 Å². The Labute approximate surface area is 202 Å². The summed E-state index contributed by atoms with van der Waals surface area (Å²) in [6, 6.07) is 21.2. The number of nitrogens with one attached hydrogen (secondary N) is 1. The van der Waals surface area contributed by atoms with Crippen LogP contribution in [0.4, 0.5) is 5.69 Å². The molecule has 0 radical (unpaired) electrons. The van der Waals surface area contributed by atoms with Crippen LogP contribution in [0.1, 0.15) is 5.82 Å². The largest absolute Gasteiger partial charge is 0.486 e. The molecule has 0 unspecified atom stereocenters. The second kappa shape index (κ2) is 9.84. The minimum atomic E-state index is -3.77. The van der Waals surface area contributed by atoms with Crippen LogP contribution in [0.5, 0.6) is 5.75 Å². The molecule has 10 heteroatoms. The standard InChI is InChI=1S/C24H23ClN4O4S/c1-28(2)34(31,32)22-14-17(12-13-19(22)25)26-24(30)15-29-21-11-7-6-10-20(21)27-23(29)16-33-18-8-4-3-5-9-18/h3-14H,15-16H2,1-2H3,(H,26,30). The van der Waals surface area contributed by atoms with E-state index in [1.165, 1.54) is 26.2 Å². The van der Waals surface area contributed by atoms with Crippen molar-refractivity contribution in [3.8, 4) is 5.75 Å². The van der Waals surface area contributed by atoms with Crippen LogP contribution in [-0.4, -0.2) is 42.3 Å². The number of amides is 1. The highest BCUT2D eigenvalue weighted by atomic mass is 35.5. The van der Waals surface area contributed by atoms with Gasteiger partial charge < -0.3 is 14.6 Å². The minimum absolute atomic E-state index is 0.0353. The molecule has 0 aliphatic carbocycles. The normalized spacial score (nSPS) is 11.6. The Balaban J connectivity index is 1.57. The zero-order chi connectivity index (χ0) is 24.3. The van der Waals surface area contributed by atoms with Gasteiger partial charge in [0.25, 0.3) is 0 Å². The van der Waals surface area contributed by atoms with E-state index >= 15 is 0 Å². The summed E-state index contributed by atoms with van der Waals surface area (Å²) in [7, 11) is -0.933. The van der Waals surface area contributed by atoms with Crippen molar-refractivity contribution in [2.75, 3.05) is 19.4 Å². The molecule has 0 saturated carbocycles. The van der Waals surface area contributed by atoms with Crippen LogP contribution in [0.25, 0.3) is 11.0 Å². The number of benzene rings is 3. The SMILES string of the molecule is CN(C)S(=O)(=O)c1cc(NC(=O)Cn2c(COc3ccccc3)nc3ccccc32)ccc1Cl. The zero-order valence-electron chi connectivity index (χ0n) is 18.6. The average Bonchev–Trinajstić information content (AvgIpc) is 3.16. The van der Waals surface area contributed by atoms with Gasteiger partial charge >= 0.3 is 0 Å². The first-order chi connectivity index (χ1) is 16.3. The van der Waals surface area contributed by atoms with Crippen LogP contribution < -0.4 is 10.1 Å². The third-order valence-electron chi connectivity index (χ3n) is 5.12. The third kappa shape index (κ3) is 5.06. The lowest BCUT2D eigenvalue weighted by Crippen LogP contribution is -2.23. The van der Waals surface area contributed by atoms with Crippen molar-refractivity contribution in [1.82, 2.24) is 13.9 Å². The maximum absolute atomic E-state index is 12.9. The molecule has 34 heavy (non-hydrogen) atoms. The summed E-state index contributed by atoms with van der Waals surface area (Å²) in [6.45, 7) is 0.143. The third-order valence-corrected chi connectivity index (χ3v) is 7.42. The van der Waals surface area contributed by atoms with Gasteiger partial charge in [0.2, 0.25) is 15.9 Å². The minimum Gasteiger partial charge on any atom is -0.486 e. The molecule has 1 N–H and O–H groups in total. The Morgan fingerprint density at radius 3 is 2.50 bits per heavy atom. The Morgan fingerprint density at radius 2 is 1.76 bits per heavy atom. The maximum Gasteiger partial charge on any atom is 0.244 e. The molecule has 4 aromatic rings. The highest BCUT2D eigenvalue weighted by Gasteiger charge is 2.22. The fraction of sp³-hybridized carbons (Fsp3) is 0.167. The van der Waals surface area contributed by atoms with Crippen molar-refractivity contribution in [2.24, 2.45) is 0 Å². The number of hydrogen-bond donors (Lipinski definition) is 1. The van der Waals surface area contributed by atoms with E-state index in [9.17, 15) is 13.2 Å². The van der Waals surface area contributed by atoms with Crippen LogP contribution in [0, 0.1) is 0 Å². The second-order valence-electron chi connectivity index (χ2n) is 7.69. The highest BCUT2D eigenvalue weighted by Crippen LogP contribution is 2.27. The fourth-order valence-electron chi connectivity index (χ4n) is 3.40. The number of hydrogen-bond acceptors (Lipinski definition) is 5. The topological polar surface area (TPSA) is 93.5 Å². The van der Waals surface area contributed by atoms with Crippen molar-refractivity contribution in [3.05, 3.63) is 83.6 Å². The molecule has 0 aliphatic rings. The van der Waals surface area contributed by atoms with E-state index in [-0.39, 0.29) is 29.0 Å². The van der Waals surface area contributed by atoms with Crippen molar-refractivity contribution in [3.63, 3.8) is 0 Å². The van der Waals surface area contributed by atoms with Crippen LogP contribution in [0.2, 0.25) is 5.02 Å². The maximum atomic E-state index is 12.9. The van der Waals surface area contributed by atoms with E-state index in [0.717, 1.165) is 15.3 Å². The van der Waals surface area contributed by atoms with E-state index in [1.807, 2.05) is 54.6 Å². The molecule has 0 fully saturated rings. The molecular formula is C24H23ClN4O4S. The number of nitrogens with zero attached hydrogens (tertiary/aromatic N) is 3. The van der Waals surface area contributed by atoms with Crippen LogP contribution in [-0.2, 0) is 28.0 Å². The number of ether oxygens (including phenoxy) is 1. The lowest BCUT2D eigenvalue weighted by molar-refractivity contribution is -0.116. The number of anilines is 1. The number of sulfonamides is 1. The van der Waals surface area contributed by atoms with E-state index in [2.05, 4.69) is 10.3 Å². The molecule has 1 amide bonds. The van der Waals surface area contributed by atoms with Gasteiger partial charge in [-0.1, -0.05) is 41.9 Å². The molecule has 4 rings (SSSR count). The number of carbonyl (C=O) groups is 1. The molecule has 0 spiro atoms. The number of para-hydroxylation sites is 3. The molecule has 176 valence electrons. The van der Waals surface area contributed by atoms with Crippen LogP contribution in [0.3, 0.4) is 0 Å². The van der Waals surface area contributed by atoms with Gasteiger partial charge in [-0.25, -0.2) is 17.7 Å². The predicted molar refractivity (Wildman–Crippen MR) is 131 cm³/mol. The van der Waals surface area contributed by atoms with Gasteiger partial charge in [0, 0.05) is 19.8 Å². The molecule has 3 aromatic carbocycles. The Kier molecular flexibility index (Phi) is 6.87. The monoisotopic (exact) mass is 498 g/mol. The number of aromatic nitrogens is 2. The Morgan fingerprint density at radius 1 is 1.06 bits per heavy atom. The van der Waals surface area contributed by atoms with E-state index in [0.29, 0.717) is 17.3 Å². The molecule has 1 aromatic heterocycles. The summed E-state index contributed by atoms with van der Waals surface area (Å²) >= 11 is 6.10. The summed E-state index contributed by atoms with van der Waals surface area (Å²) in [6.07, 6.45) is 0. The van der Waals surface area contributed by atoms with E-state index in [1.54, 1.807) is 10.6 Å². The lowest BCUT2D eigenvalue weighted by Gasteiger charge is -2.15. The first kappa shape index (κ1) is 23.7. The van der Waals surface area contributed by atoms with Gasteiger partial charge in [-0.2, -0.15) is 0 Å². The second-order valence-corrected chi connectivity index (χ2v) is 10.2. The Bertz CT molecular complexity index is 1440. The summed E-state index contributed by atoms with van der Waals surface area (Å²) in [4.78, 5) is 17.5. The highest BCUT2D eigenvalue weighted by molar-refractivity contribution is 7.89. The number of imidazole rings is 1. The summed E-state index contributed by atoms with van der Waals surface area (Å²) in [5, 5.41) is 2.83. The van der Waals surface area contributed by atoms with Gasteiger partial charge in [-0.3, -0.25) is 4.79 Å². The van der Waals surface area contributed by atoms with E-state index in [4.69, 9.17) is 16.3 Å².